The van der Waals surface area contributed by atoms with Gasteiger partial charge in [0.05, 0.1) is 25.4 Å². The number of aromatic hydroxyl groups is 1. The van der Waals surface area contributed by atoms with Gasteiger partial charge in [-0.1, -0.05) is 53.7 Å². The number of carboxylic acids is 3. The first-order chi connectivity index (χ1) is 25.5. The van der Waals surface area contributed by atoms with E-state index in [1.807, 2.05) is 0 Å². The first-order valence-electron chi connectivity index (χ1n) is 17.5. The van der Waals surface area contributed by atoms with Gasteiger partial charge < -0.3 is 52.7 Å². The monoisotopic (exact) mass is 779 g/mol. The largest absolute Gasteiger partial charge is 0.508 e. The van der Waals surface area contributed by atoms with E-state index in [4.69, 9.17) is 5.73 Å². The minimum Gasteiger partial charge on any atom is -0.508 e. The van der Waals surface area contributed by atoms with Gasteiger partial charge in [0, 0.05) is 0 Å². The van der Waals surface area contributed by atoms with E-state index in [0.717, 1.165) is 0 Å². The Balaban J connectivity index is 3.25. The average molecular weight is 780 g/mol. The lowest BCUT2D eigenvalue weighted by molar-refractivity contribution is -0.144. The zero-order valence-corrected chi connectivity index (χ0v) is 31.6. The molecule has 1 aromatic rings. The van der Waals surface area contributed by atoms with Crippen LogP contribution in [-0.4, -0.2) is 117 Å². The third-order valence-electron chi connectivity index (χ3n) is 8.06. The maximum atomic E-state index is 13.6. The maximum absolute atomic E-state index is 13.6. The minimum atomic E-state index is -1.83. The van der Waals surface area contributed by atoms with Crippen molar-refractivity contribution >= 4 is 53.4 Å². The molecule has 0 heterocycles. The van der Waals surface area contributed by atoms with Gasteiger partial charge in [-0.25, -0.2) is 4.79 Å². The van der Waals surface area contributed by atoms with Gasteiger partial charge in [-0.15, -0.1) is 0 Å². The molecular weight excluding hydrogens is 726 g/mol. The number of nitrogens with one attached hydrogen (secondary N) is 6. The Kier molecular flexibility index (Phi) is 19.3. The van der Waals surface area contributed by atoms with Crippen molar-refractivity contribution in [3.63, 3.8) is 0 Å². The molecule has 0 radical (unpaired) electrons. The van der Waals surface area contributed by atoms with Crippen molar-refractivity contribution in [3.05, 3.63) is 29.8 Å². The number of hydrogen-bond donors (Lipinski definition) is 11. The second kappa shape index (κ2) is 22.4. The molecule has 0 bridgehead atoms. The lowest BCUT2D eigenvalue weighted by Gasteiger charge is -2.29. The van der Waals surface area contributed by atoms with Crippen LogP contribution in [0.2, 0.25) is 0 Å². The van der Waals surface area contributed by atoms with Gasteiger partial charge in [-0.2, -0.15) is 0 Å². The van der Waals surface area contributed by atoms with Crippen LogP contribution >= 0.6 is 0 Å². The van der Waals surface area contributed by atoms with Crippen LogP contribution in [-0.2, 0) is 49.6 Å². The van der Waals surface area contributed by atoms with Gasteiger partial charge in [0.25, 0.3) is 0 Å². The summed E-state index contributed by atoms with van der Waals surface area (Å²) in [6.45, 7) is 9.10. The standard InChI is InChI=1S/C35H53N7O13/c1-16(2)11-24(35(54)55)40-32(51)23(14-26(45)46)38-31(50)22(13-25(36)44)39-33(52)28(17(3)4)42-34(53)29(18(5)6)41-30(49)21(37-15-27(47)48)12-19-7-9-20(43)10-8-19/h7-10,16-18,21-24,28-29,37,43H,11-15H2,1-6H3,(H2,36,44)(H,38,50)(H,39,52)(H,40,51)(H,41,49)(H,42,53)(H,45,46)(H,47,48)(H,54,55)/t21-,22-,23-,24-,28-,29-/m0/s1. The van der Waals surface area contributed by atoms with Crippen molar-refractivity contribution in [2.24, 2.45) is 23.5 Å². The number of aliphatic carboxylic acids is 3. The molecule has 55 heavy (non-hydrogen) atoms. The van der Waals surface area contributed by atoms with Crippen LogP contribution in [0, 0.1) is 17.8 Å². The van der Waals surface area contributed by atoms with Crippen LogP contribution in [0.1, 0.15) is 66.4 Å². The summed E-state index contributed by atoms with van der Waals surface area (Å²) in [6.07, 6.45) is -1.84. The summed E-state index contributed by atoms with van der Waals surface area (Å²) >= 11 is 0. The van der Waals surface area contributed by atoms with Gasteiger partial charge in [-0.05, 0) is 48.3 Å². The van der Waals surface area contributed by atoms with E-state index in [2.05, 4.69) is 31.9 Å². The van der Waals surface area contributed by atoms with Crippen molar-refractivity contribution in [1.29, 1.82) is 0 Å². The number of carboxylic acid groups (broad SMARTS) is 3. The van der Waals surface area contributed by atoms with E-state index < -0.39 is 121 Å². The highest BCUT2D eigenvalue weighted by Gasteiger charge is 2.36. The van der Waals surface area contributed by atoms with Crippen molar-refractivity contribution in [2.75, 3.05) is 6.54 Å². The van der Waals surface area contributed by atoms with E-state index in [0.29, 0.717) is 5.56 Å². The highest BCUT2D eigenvalue weighted by molar-refractivity contribution is 5.98. The number of benzene rings is 1. The Morgan fingerprint density at radius 1 is 0.582 bits per heavy atom. The summed E-state index contributed by atoms with van der Waals surface area (Å²) in [7, 11) is 0. The zero-order valence-electron chi connectivity index (χ0n) is 31.6. The van der Waals surface area contributed by atoms with E-state index in [1.165, 1.54) is 24.3 Å². The molecule has 0 spiro atoms. The summed E-state index contributed by atoms with van der Waals surface area (Å²) in [6, 6.07) is -2.97. The van der Waals surface area contributed by atoms with Gasteiger partial charge >= 0.3 is 17.9 Å². The highest BCUT2D eigenvalue weighted by atomic mass is 16.4. The molecule has 12 N–H and O–H groups in total. The molecule has 0 aliphatic heterocycles. The lowest BCUT2D eigenvalue weighted by Crippen LogP contribution is -2.61. The van der Waals surface area contributed by atoms with E-state index in [9.17, 15) is 63.6 Å². The molecular formula is C35H53N7O13. The average Bonchev–Trinajstić information content (AvgIpc) is 3.06. The summed E-state index contributed by atoms with van der Waals surface area (Å²) in [4.78, 5) is 113. The second-order valence-corrected chi connectivity index (χ2v) is 14.1. The molecule has 0 saturated carbocycles. The highest BCUT2D eigenvalue weighted by Crippen LogP contribution is 2.13. The maximum Gasteiger partial charge on any atom is 0.326 e. The van der Waals surface area contributed by atoms with Crippen molar-refractivity contribution < 1.29 is 63.6 Å². The Morgan fingerprint density at radius 2 is 1.02 bits per heavy atom. The number of rotatable bonds is 24. The van der Waals surface area contributed by atoms with Gasteiger partial charge in [-0.3, -0.25) is 43.7 Å². The van der Waals surface area contributed by atoms with Crippen LogP contribution in [0.25, 0.3) is 0 Å². The second-order valence-electron chi connectivity index (χ2n) is 14.1. The normalized spacial score (nSPS) is 14.4. The Labute approximate surface area is 317 Å². The molecule has 0 aliphatic carbocycles. The summed E-state index contributed by atoms with van der Waals surface area (Å²) in [5.41, 5.74) is 5.88. The SMILES string of the molecule is CC(C)C[C@H](NC(=O)[C@H](CC(=O)O)NC(=O)[C@H](CC(N)=O)NC(=O)[C@@H](NC(=O)[C@@H](NC(=O)[C@H](Cc1ccc(O)cc1)NCC(=O)O)C(C)C)C(C)C)C(=O)O. The number of nitrogens with two attached hydrogens (primary N) is 1. The number of phenolic OH excluding ortho intramolecular Hbond substituents is 1. The van der Waals surface area contributed by atoms with E-state index >= 15 is 0 Å². The number of amides is 6. The number of carbonyl (C=O) groups is 9. The van der Waals surface area contributed by atoms with Gasteiger partial charge in [0.15, 0.2) is 0 Å². The van der Waals surface area contributed by atoms with Crippen LogP contribution in [0.4, 0.5) is 0 Å². The topological polar surface area (TPSA) is 333 Å². The predicted octanol–water partition coefficient (Wildman–Crippen LogP) is -1.81. The number of phenols is 1. The number of primary amides is 1. The van der Waals surface area contributed by atoms with Crippen LogP contribution in [0.3, 0.4) is 0 Å². The number of carbonyl (C=O) groups excluding carboxylic acids is 6. The van der Waals surface area contributed by atoms with Crippen LogP contribution in [0.15, 0.2) is 24.3 Å². The fourth-order valence-corrected chi connectivity index (χ4v) is 5.20. The van der Waals surface area contributed by atoms with Crippen LogP contribution in [0.5, 0.6) is 5.75 Å². The lowest BCUT2D eigenvalue weighted by atomic mass is 9.98. The van der Waals surface area contributed by atoms with Gasteiger partial charge in [0.2, 0.25) is 35.4 Å². The number of hydrogen-bond acceptors (Lipinski definition) is 11. The molecule has 306 valence electrons. The Morgan fingerprint density at radius 3 is 1.45 bits per heavy atom. The molecule has 0 unspecified atom stereocenters. The smallest absolute Gasteiger partial charge is 0.326 e. The molecule has 1 aromatic carbocycles. The predicted molar refractivity (Wildman–Crippen MR) is 194 cm³/mol. The molecule has 1 rings (SSSR count). The third kappa shape index (κ3) is 17.3. The fraction of sp³-hybridized carbons (Fsp3) is 0.571. The van der Waals surface area contributed by atoms with Crippen molar-refractivity contribution in [2.45, 2.75) is 103 Å². The Bertz CT molecular complexity index is 1550. The molecule has 20 heteroatoms. The van der Waals surface area contributed by atoms with Gasteiger partial charge in [0.1, 0.15) is 36.0 Å². The molecule has 0 fully saturated rings. The minimum absolute atomic E-state index is 0.0131. The third-order valence-corrected chi connectivity index (χ3v) is 8.06. The van der Waals surface area contributed by atoms with Crippen molar-refractivity contribution in [3.8, 4) is 5.75 Å². The quantitative estimate of drug-likeness (QED) is 0.0552. The van der Waals surface area contributed by atoms with E-state index in [-0.39, 0.29) is 24.5 Å². The molecule has 20 nitrogen and oxygen atoms in total. The summed E-state index contributed by atoms with van der Waals surface area (Å²) in [5, 5.41) is 52.0. The van der Waals surface area contributed by atoms with Crippen LogP contribution < -0.4 is 37.6 Å². The molecule has 0 saturated heterocycles. The summed E-state index contributed by atoms with van der Waals surface area (Å²) < 4.78 is 0. The molecule has 6 atom stereocenters. The molecule has 0 aromatic heterocycles. The Hall–Kier alpha value is -5.79. The zero-order chi connectivity index (χ0) is 42.2. The first kappa shape index (κ1) is 47.2. The molecule has 0 aliphatic rings. The van der Waals surface area contributed by atoms with E-state index in [1.54, 1.807) is 41.5 Å². The first-order valence-corrected chi connectivity index (χ1v) is 17.5. The summed E-state index contributed by atoms with van der Waals surface area (Å²) in [5.74, 6) is -11.6. The molecule has 6 amide bonds. The van der Waals surface area contributed by atoms with Crippen molar-refractivity contribution in [1.82, 2.24) is 31.9 Å². The fourth-order valence-electron chi connectivity index (χ4n) is 5.20.